The van der Waals surface area contributed by atoms with E-state index in [1.807, 2.05) is 41.3 Å². The fourth-order valence-electron chi connectivity index (χ4n) is 3.38. The number of rotatable bonds is 4. The Morgan fingerprint density at radius 2 is 1.71 bits per heavy atom. The molecule has 7 heteroatoms. The highest BCUT2D eigenvalue weighted by atomic mass is 35.5. The smallest absolute Gasteiger partial charge is 0.254 e. The number of benzene rings is 2. The number of ketones is 1. The molecule has 1 amide bonds. The maximum Gasteiger partial charge on any atom is 0.254 e. The van der Waals surface area contributed by atoms with Crippen LogP contribution in [0.15, 0.2) is 48.5 Å². The van der Waals surface area contributed by atoms with Gasteiger partial charge in [0.1, 0.15) is 6.61 Å². The van der Waals surface area contributed by atoms with Gasteiger partial charge in [0.2, 0.25) is 0 Å². The van der Waals surface area contributed by atoms with E-state index in [1.54, 1.807) is 12.1 Å². The number of aliphatic hydroxyl groups excluding tert-OH is 1. The van der Waals surface area contributed by atoms with Gasteiger partial charge in [-0.3, -0.25) is 9.59 Å². The second kappa shape index (κ2) is 7.91. The van der Waals surface area contributed by atoms with Crippen molar-refractivity contribution in [1.29, 1.82) is 0 Å². The molecule has 0 radical (unpaired) electrons. The Morgan fingerprint density at radius 3 is 2.39 bits per heavy atom. The summed E-state index contributed by atoms with van der Waals surface area (Å²) in [4.78, 5) is 29.2. The number of piperazine rings is 1. The van der Waals surface area contributed by atoms with Gasteiger partial charge < -0.3 is 14.9 Å². The van der Waals surface area contributed by atoms with Crippen molar-refractivity contribution in [2.45, 2.75) is 0 Å². The van der Waals surface area contributed by atoms with Gasteiger partial charge in [-0.1, -0.05) is 17.7 Å². The van der Waals surface area contributed by atoms with Crippen LogP contribution in [0.4, 0.5) is 5.69 Å². The average molecular weight is 415 g/mol. The van der Waals surface area contributed by atoms with Crippen molar-refractivity contribution in [3.05, 3.63) is 64.0 Å². The summed E-state index contributed by atoms with van der Waals surface area (Å²) in [7, 11) is 0. The van der Waals surface area contributed by atoms with E-state index in [1.165, 1.54) is 11.3 Å². The lowest BCUT2D eigenvalue weighted by molar-refractivity contribution is 0.0746. The molecule has 5 nitrogen and oxygen atoms in total. The third kappa shape index (κ3) is 3.76. The summed E-state index contributed by atoms with van der Waals surface area (Å²) in [5.74, 6) is -0.298. The van der Waals surface area contributed by atoms with E-state index in [4.69, 9.17) is 16.7 Å². The van der Waals surface area contributed by atoms with Gasteiger partial charge >= 0.3 is 0 Å². The second-order valence-corrected chi connectivity index (χ2v) is 8.22. The summed E-state index contributed by atoms with van der Waals surface area (Å²) in [6.07, 6.45) is 0. The number of nitrogens with zero attached hydrogens (tertiary/aromatic N) is 2. The van der Waals surface area contributed by atoms with E-state index in [0.717, 1.165) is 28.9 Å². The maximum atomic E-state index is 12.9. The molecule has 1 aliphatic rings. The minimum atomic E-state index is -0.503. The van der Waals surface area contributed by atoms with Crippen LogP contribution in [0, 0.1) is 0 Å². The number of aliphatic hydroxyl groups is 1. The lowest BCUT2D eigenvalue weighted by atomic mass is 10.1. The SMILES string of the molecule is O=C(CO)c1cc2ccc(C(=O)N3CCN(c4ccc(Cl)cc4)CC3)cc2s1. The van der Waals surface area contributed by atoms with Crippen molar-refractivity contribution < 1.29 is 14.7 Å². The number of Topliss-reactive ketones (excluding diaryl/α,β-unsaturated/α-hetero) is 1. The predicted molar refractivity (Wildman–Crippen MR) is 113 cm³/mol. The molecule has 1 aromatic heterocycles. The molecule has 1 aliphatic heterocycles. The molecule has 0 aliphatic carbocycles. The van der Waals surface area contributed by atoms with Gasteiger partial charge in [-0.05, 0) is 47.9 Å². The Morgan fingerprint density at radius 1 is 1.00 bits per heavy atom. The lowest BCUT2D eigenvalue weighted by Gasteiger charge is -2.36. The van der Waals surface area contributed by atoms with Crippen LogP contribution in [0.3, 0.4) is 0 Å². The lowest BCUT2D eigenvalue weighted by Crippen LogP contribution is -2.48. The second-order valence-electron chi connectivity index (χ2n) is 6.70. The fraction of sp³-hybridized carbons (Fsp3) is 0.238. The molecule has 1 N–H and O–H groups in total. The summed E-state index contributed by atoms with van der Waals surface area (Å²) in [5, 5.41) is 10.7. The van der Waals surface area contributed by atoms with Crippen molar-refractivity contribution >= 4 is 50.4 Å². The molecule has 0 spiro atoms. The summed E-state index contributed by atoms with van der Waals surface area (Å²) in [6, 6.07) is 15.0. The molecule has 0 unspecified atom stereocenters. The average Bonchev–Trinajstić information content (AvgIpc) is 3.17. The van der Waals surface area contributed by atoms with Crippen LogP contribution in [0.5, 0.6) is 0 Å². The van der Waals surface area contributed by atoms with Crippen LogP contribution in [0.2, 0.25) is 5.02 Å². The molecule has 3 aromatic rings. The largest absolute Gasteiger partial charge is 0.388 e. The minimum Gasteiger partial charge on any atom is -0.388 e. The summed E-state index contributed by atoms with van der Waals surface area (Å²) < 4.78 is 0.877. The van der Waals surface area contributed by atoms with E-state index >= 15 is 0 Å². The van der Waals surface area contributed by atoms with Crippen molar-refractivity contribution in [1.82, 2.24) is 4.90 Å². The first-order chi connectivity index (χ1) is 13.5. The predicted octanol–water partition coefficient (Wildman–Crippen LogP) is 3.69. The molecular weight excluding hydrogens is 396 g/mol. The van der Waals surface area contributed by atoms with Crippen molar-refractivity contribution in [3.8, 4) is 0 Å². The zero-order chi connectivity index (χ0) is 19.7. The molecular formula is C21H19ClN2O3S. The molecule has 28 heavy (non-hydrogen) atoms. The number of halogens is 1. The molecule has 2 heterocycles. The first-order valence-electron chi connectivity index (χ1n) is 9.02. The number of anilines is 1. The summed E-state index contributed by atoms with van der Waals surface area (Å²) in [5.41, 5.74) is 1.73. The standard InChI is InChI=1S/C21H19ClN2O3S/c22-16-3-5-17(6-4-16)23-7-9-24(10-8-23)21(27)15-2-1-14-11-20(18(26)13-25)28-19(14)12-15/h1-6,11-12,25H,7-10,13H2. The Balaban J connectivity index is 1.46. The molecule has 2 aromatic carbocycles. The van der Waals surface area contributed by atoms with E-state index < -0.39 is 6.61 Å². The summed E-state index contributed by atoms with van der Waals surface area (Å²) in [6.45, 7) is 2.33. The van der Waals surface area contributed by atoms with Gasteiger partial charge in [-0.25, -0.2) is 0 Å². The first-order valence-corrected chi connectivity index (χ1v) is 10.2. The van der Waals surface area contributed by atoms with Gasteiger partial charge in [0.25, 0.3) is 5.91 Å². The zero-order valence-corrected chi connectivity index (χ0v) is 16.7. The Bertz CT molecular complexity index is 1020. The summed E-state index contributed by atoms with van der Waals surface area (Å²) >= 11 is 7.26. The van der Waals surface area contributed by atoms with Crippen LogP contribution >= 0.6 is 22.9 Å². The zero-order valence-electron chi connectivity index (χ0n) is 15.1. The molecule has 1 fully saturated rings. The van der Waals surface area contributed by atoms with E-state index in [2.05, 4.69) is 4.90 Å². The number of carbonyl (C=O) groups is 2. The number of amides is 1. The third-order valence-corrected chi connectivity index (χ3v) is 6.33. The molecule has 1 saturated heterocycles. The molecule has 0 atom stereocenters. The van der Waals surface area contributed by atoms with E-state index in [0.29, 0.717) is 28.6 Å². The highest BCUT2D eigenvalue weighted by Crippen LogP contribution is 2.28. The van der Waals surface area contributed by atoms with Crippen LogP contribution < -0.4 is 4.90 Å². The fourth-order valence-corrected chi connectivity index (χ4v) is 4.54. The van der Waals surface area contributed by atoms with Crippen molar-refractivity contribution in [2.75, 3.05) is 37.7 Å². The Labute approximate surface area is 171 Å². The number of carbonyl (C=O) groups excluding carboxylic acids is 2. The van der Waals surface area contributed by atoms with E-state index in [-0.39, 0.29) is 11.7 Å². The van der Waals surface area contributed by atoms with Gasteiger partial charge in [0.05, 0.1) is 4.88 Å². The Hall–Kier alpha value is -2.41. The number of hydrogen-bond acceptors (Lipinski definition) is 5. The first kappa shape index (κ1) is 18.9. The highest BCUT2D eigenvalue weighted by Gasteiger charge is 2.23. The maximum absolute atomic E-state index is 12.9. The van der Waals surface area contributed by atoms with Crippen LogP contribution in [-0.2, 0) is 0 Å². The van der Waals surface area contributed by atoms with Crippen LogP contribution in [0.25, 0.3) is 10.1 Å². The van der Waals surface area contributed by atoms with E-state index in [9.17, 15) is 9.59 Å². The number of hydrogen-bond donors (Lipinski definition) is 1. The molecule has 0 bridgehead atoms. The van der Waals surface area contributed by atoms with Gasteiger partial charge in [0, 0.05) is 47.2 Å². The minimum absolute atomic E-state index is 0.00101. The highest BCUT2D eigenvalue weighted by molar-refractivity contribution is 7.20. The Kier molecular flexibility index (Phi) is 5.35. The molecule has 0 saturated carbocycles. The van der Waals surface area contributed by atoms with Crippen molar-refractivity contribution in [2.24, 2.45) is 0 Å². The van der Waals surface area contributed by atoms with Crippen LogP contribution in [0.1, 0.15) is 20.0 Å². The topological polar surface area (TPSA) is 60.9 Å². The quantitative estimate of drug-likeness (QED) is 0.661. The van der Waals surface area contributed by atoms with Crippen LogP contribution in [-0.4, -0.2) is 54.5 Å². The number of thiophene rings is 1. The third-order valence-electron chi connectivity index (χ3n) is 4.94. The van der Waals surface area contributed by atoms with Gasteiger partial charge in [0.15, 0.2) is 5.78 Å². The van der Waals surface area contributed by atoms with Gasteiger partial charge in [-0.2, -0.15) is 0 Å². The number of fused-ring (bicyclic) bond motifs is 1. The van der Waals surface area contributed by atoms with Gasteiger partial charge in [-0.15, -0.1) is 11.3 Å². The molecule has 144 valence electrons. The monoisotopic (exact) mass is 414 g/mol. The molecule has 4 rings (SSSR count). The van der Waals surface area contributed by atoms with Crippen molar-refractivity contribution in [3.63, 3.8) is 0 Å². The normalized spacial score (nSPS) is 14.5.